The molecule has 1 heterocycles. The average molecular weight is 248 g/mol. The number of piperidine rings is 1. The van der Waals surface area contributed by atoms with Gasteiger partial charge in [0.15, 0.2) is 0 Å². The summed E-state index contributed by atoms with van der Waals surface area (Å²) in [5.41, 5.74) is 6.55. The molecule has 0 aromatic heterocycles. The molecular weight excluding hydrogens is 232 g/mol. The molecule has 1 saturated heterocycles. The monoisotopic (exact) mass is 248 g/mol. The van der Waals surface area contributed by atoms with Crippen molar-refractivity contribution >= 4 is 11.8 Å². The van der Waals surface area contributed by atoms with Crippen molar-refractivity contribution < 1.29 is 14.3 Å². The van der Waals surface area contributed by atoms with E-state index < -0.39 is 6.04 Å². The molecule has 0 bridgehead atoms. The Kier molecular flexibility index (Phi) is 3.62. The van der Waals surface area contributed by atoms with Gasteiger partial charge in [0.1, 0.15) is 5.75 Å². The highest BCUT2D eigenvalue weighted by Crippen LogP contribution is 2.17. The van der Waals surface area contributed by atoms with Crippen molar-refractivity contribution in [2.45, 2.75) is 25.4 Å². The number of likely N-dealkylation sites (tertiary alicyclic amines) is 1. The maximum Gasteiger partial charge on any atom is 0.246 e. The fraction of sp³-hybridized carbons (Fsp3) is 0.385. The van der Waals surface area contributed by atoms with E-state index in [0.717, 1.165) is 11.3 Å². The minimum Gasteiger partial charge on any atom is -0.497 e. The number of benzene rings is 1. The minimum absolute atomic E-state index is 0.155. The van der Waals surface area contributed by atoms with Crippen LogP contribution in [0.3, 0.4) is 0 Å². The summed E-state index contributed by atoms with van der Waals surface area (Å²) in [5.74, 6) is 0.298. The second-order valence-electron chi connectivity index (χ2n) is 4.31. The van der Waals surface area contributed by atoms with Gasteiger partial charge in [-0.2, -0.15) is 0 Å². The van der Waals surface area contributed by atoms with Crippen LogP contribution in [-0.2, 0) is 16.1 Å². The van der Waals surface area contributed by atoms with Crippen LogP contribution in [0.15, 0.2) is 24.3 Å². The SMILES string of the molecule is COc1ccc(CN2C(=O)CCC(N)C2=O)cc1. The number of carbonyl (C=O) groups excluding carboxylic acids is 2. The predicted molar refractivity (Wildman–Crippen MR) is 65.8 cm³/mol. The van der Waals surface area contributed by atoms with Crippen molar-refractivity contribution in [1.29, 1.82) is 0 Å². The van der Waals surface area contributed by atoms with Crippen LogP contribution in [0.5, 0.6) is 5.75 Å². The molecule has 18 heavy (non-hydrogen) atoms. The number of rotatable bonds is 3. The number of nitrogens with zero attached hydrogens (tertiary/aromatic N) is 1. The highest BCUT2D eigenvalue weighted by Gasteiger charge is 2.31. The van der Waals surface area contributed by atoms with E-state index in [9.17, 15) is 9.59 Å². The molecule has 0 spiro atoms. The number of carbonyl (C=O) groups is 2. The number of amides is 2. The average Bonchev–Trinajstić information content (AvgIpc) is 2.40. The molecule has 2 amide bonds. The van der Waals surface area contributed by atoms with E-state index in [1.54, 1.807) is 19.2 Å². The zero-order chi connectivity index (χ0) is 13.1. The lowest BCUT2D eigenvalue weighted by Crippen LogP contribution is -2.50. The second kappa shape index (κ2) is 5.18. The summed E-state index contributed by atoms with van der Waals surface area (Å²) in [6, 6.07) is 6.71. The molecule has 1 unspecified atom stereocenters. The van der Waals surface area contributed by atoms with Crippen molar-refractivity contribution in [1.82, 2.24) is 4.90 Å². The quantitative estimate of drug-likeness (QED) is 0.798. The standard InChI is InChI=1S/C13H16N2O3/c1-18-10-4-2-9(3-5-10)8-15-12(16)7-6-11(14)13(15)17/h2-5,11H,6-8,14H2,1H3. The van der Waals surface area contributed by atoms with Crippen LogP contribution in [0.2, 0.25) is 0 Å². The van der Waals surface area contributed by atoms with Gasteiger partial charge in [-0.05, 0) is 24.1 Å². The summed E-state index contributed by atoms with van der Waals surface area (Å²) in [4.78, 5) is 24.8. The Balaban J connectivity index is 2.11. The maximum atomic E-state index is 11.8. The summed E-state index contributed by atoms with van der Waals surface area (Å²) in [6.07, 6.45) is 0.778. The molecule has 96 valence electrons. The van der Waals surface area contributed by atoms with E-state index in [2.05, 4.69) is 0 Å². The number of hydrogen-bond acceptors (Lipinski definition) is 4. The Bertz CT molecular complexity index is 456. The molecule has 1 aliphatic rings. The molecule has 5 heteroatoms. The van der Waals surface area contributed by atoms with Gasteiger partial charge in [0.2, 0.25) is 11.8 Å². The lowest BCUT2D eigenvalue weighted by Gasteiger charge is -2.28. The summed E-state index contributed by atoms with van der Waals surface area (Å²) < 4.78 is 5.05. The van der Waals surface area contributed by atoms with E-state index in [-0.39, 0.29) is 18.4 Å². The predicted octanol–water partition coefficient (Wildman–Crippen LogP) is 0.671. The Hall–Kier alpha value is -1.88. The van der Waals surface area contributed by atoms with E-state index >= 15 is 0 Å². The van der Waals surface area contributed by atoms with Gasteiger partial charge in [-0.25, -0.2) is 0 Å². The minimum atomic E-state index is -0.555. The van der Waals surface area contributed by atoms with Crippen LogP contribution < -0.4 is 10.5 Å². The van der Waals surface area contributed by atoms with Crippen molar-refractivity contribution in [3.8, 4) is 5.75 Å². The first-order valence-electron chi connectivity index (χ1n) is 5.84. The van der Waals surface area contributed by atoms with Gasteiger partial charge in [0.25, 0.3) is 0 Å². The van der Waals surface area contributed by atoms with Crippen molar-refractivity contribution in [2.75, 3.05) is 7.11 Å². The van der Waals surface area contributed by atoms with Crippen LogP contribution in [0, 0.1) is 0 Å². The van der Waals surface area contributed by atoms with Crippen LogP contribution in [0.1, 0.15) is 18.4 Å². The summed E-state index contributed by atoms with van der Waals surface area (Å²) in [6.45, 7) is 0.273. The highest BCUT2D eigenvalue weighted by molar-refractivity contribution is 6.00. The first-order chi connectivity index (χ1) is 8.61. The van der Waals surface area contributed by atoms with Crippen molar-refractivity contribution in [3.05, 3.63) is 29.8 Å². The van der Waals surface area contributed by atoms with Crippen molar-refractivity contribution in [2.24, 2.45) is 5.73 Å². The molecule has 1 aliphatic heterocycles. The smallest absolute Gasteiger partial charge is 0.246 e. The van der Waals surface area contributed by atoms with E-state index in [1.807, 2.05) is 12.1 Å². The van der Waals surface area contributed by atoms with Crippen LogP contribution in [0.4, 0.5) is 0 Å². The molecule has 2 N–H and O–H groups in total. The Morgan fingerprint density at radius 3 is 2.61 bits per heavy atom. The summed E-state index contributed by atoms with van der Waals surface area (Å²) in [7, 11) is 1.59. The second-order valence-corrected chi connectivity index (χ2v) is 4.31. The fourth-order valence-electron chi connectivity index (χ4n) is 1.94. The normalized spacial score (nSPS) is 20.1. The Morgan fingerprint density at radius 1 is 1.33 bits per heavy atom. The summed E-state index contributed by atoms with van der Waals surface area (Å²) >= 11 is 0. The van der Waals surface area contributed by atoms with E-state index in [0.29, 0.717) is 12.8 Å². The molecular formula is C13H16N2O3. The third-order valence-corrected chi connectivity index (χ3v) is 3.05. The van der Waals surface area contributed by atoms with Crippen LogP contribution in [0.25, 0.3) is 0 Å². The molecule has 1 atom stereocenters. The van der Waals surface area contributed by atoms with Crippen molar-refractivity contribution in [3.63, 3.8) is 0 Å². The zero-order valence-electron chi connectivity index (χ0n) is 10.3. The zero-order valence-corrected chi connectivity index (χ0v) is 10.3. The topological polar surface area (TPSA) is 72.6 Å². The molecule has 1 fully saturated rings. The fourth-order valence-corrected chi connectivity index (χ4v) is 1.94. The van der Waals surface area contributed by atoms with Crippen LogP contribution in [-0.4, -0.2) is 29.9 Å². The Morgan fingerprint density at radius 2 is 2.00 bits per heavy atom. The molecule has 1 aromatic rings. The van der Waals surface area contributed by atoms with E-state index in [4.69, 9.17) is 10.5 Å². The number of imide groups is 1. The molecule has 0 saturated carbocycles. The van der Waals surface area contributed by atoms with Gasteiger partial charge in [-0.1, -0.05) is 12.1 Å². The molecule has 0 radical (unpaired) electrons. The van der Waals surface area contributed by atoms with Gasteiger partial charge < -0.3 is 10.5 Å². The largest absolute Gasteiger partial charge is 0.497 e. The van der Waals surface area contributed by atoms with Gasteiger partial charge in [-0.15, -0.1) is 0 Å². The number of ether oxygens (including phenoxy) is 1. The highest BCUT2D eigenvalue weighted by atomic mass is 16.5. The van der Waals surface area contributed by atoms with Gasteiger partial charge >= 0.3 is 0 Å². The first kappa shape index (κ1) is 12.6. The molecule has 0 aliphatic carbocycles. The summed E-state index contributed by atoms with van der Waals surface area (Å²) in [5, 5.41) is 0. The van der Waals surface area contributed by atoms with Gasteiger partial charge in [-0.3, -0.25) is 14.5 Å². The molecule has 1 aromatic carbocycles. The lowest BCUT2D eigenvalue weighted by molar-refractivity contribution is -0.149. The third kappa shape index (κ3) is 2.51. The van der Waals surface area contributed by atoms with E-state index in [1.165, 1.54) is 4.90 Å². The molecule has 2 rings (SSSR count). The number of nitrogens with two attached hydrogens (primary N) is 1. The van der Waals surface area contributed by atoms with Crippen LogP contribution >= 0.6 is 0 Å². The lowest BCUT2D eigenvalue weighted by atomic mass is 10.0. The molecule has 5 nitrogen and oxygen atoms in total. The Labute approximate surface area is 106 Å². The van der Waals surface area contributed by atoms with Gasteiger partial charge in [0, 0.05) is 6.42 Å². The number of hydrogen-bond donors (Lipinski definition) is 1. The van der Waals surface area contributed by atoms with Gasteiger partial charge in [0.05, 0.1) is 19.7 Å². The third-order valence-electron chi connectivity index (χ3n) is 3.05. The first-order valence-corrected chi connectivity index (χ1v) is 5.84. The number of methoxy groups -OCH3 is 1. The maximum absolute atomic E-state index is 11.8.